The first-order valence-corrected chi connectivity index (χ1v) is 11.3. The van der Waals surface area contributed by atoms with E-state index in [9.17, 15) is 8.42 Å². The van der Waals surface area contributed by atoms with Crippen molar-refractivity contribution in [2.75, 3.05) is 24.3 Å². The number of anilines is 1. The minimum atomic E-state index is -4.00. The Hall–Kier alpha value is -2.71. The summed E-state index contributed by atoms with van der Waals surface area (Å²) in [6.45, 7) is 8.78. The number of hydrazone groups is 1. The Kier molecular flexibility index (Phi) is 6.28. The van der Waals surface area contributed by atoms with E-state index in [0.717, 1.165) is 17.1 Å². The van der Waals surface area contributed by atoms with Crippen molar-refractivity contribution >= 4 is 34.4 Å². The predicted octanol–water partition coefficient (Wildman–Crippen LogP) is 3.47. The maximum absolute atomic E-state index is 11.2. The number of nitrogens with zero attached hydrogens (tertiary/aromatic N) is 3. The summed E-state index contributed by atoms with van der Waals surface area (Å²) >= 11 is 0. The molecule has 0 amide bonds. The zero-order valence-corrected chi connectivity index (χ0v) is 18.3. The van der Waals surface area contributed by atoms with Gasteiger partial charge in [0.1, 0.15) is 5.75 Å². The van der Waals surface area contributed by atoms with Crippen molar-refractivity contribution in [3.8, 4) is 5.75 Å². The lowest BCUT2D eigenvalue weighted by Crippen LogP contribution is -2.43. The summed E-state index contributed by atoms with van der Waals surface area (Å²) in [5.74, 6) is 0.483. The van der Waals surface area contributed by atoms with E-state index >= 15 is 0 Å². The average Bonchev–Trinajstić information content (AvgIpc) is 2.92. The van der Waals surface area contributed by atoms with Crippen molar-refractivity contribution in [3.05, 3.63) is 54.1 Å². The summed E-state index contributed by atoms with van der Waals surface area (Å²) < 4.78 is 38.2. The van der Waals surface area contributed by atoms with Crippen molar-refractivity contribution in [1.82, 2.24) is 0 Å². The van der Waals surface area contributed by atoms with Crippen molar-refractivity contribution in [3.63, 3.8) is 0 Å². The molecule has 0 saturated heterocycles. The molecule has 1 unspecified atom stereocenters. The molecule has 1 atom stereocenters. The van der Waals surface area contributed by atoms with Crippen LogP contribution < -0.4 is 9.64 Å². The molecule has 7 nitrogen and oxygen atoms in total. The number of ether oxygens (including phenoxy) is 1. The summed E-state index contributed by atoms with van der Waals surface area (Å²) in [6.07, 6.45) is 2.17. The Morgan fingerprint density at radius 3 is 2.53 bits per heavy atom. The first kappa shape index (κ1) is 22.0. The zero-order chi connectivity index (χ0) is 21.9. The van der Waals surface area contributed by atoms with Gasteiger partial charge in [0.25, 0.3) is 10.1 Å². The maximum Gasteiger partial charge on any atom is 0.264 e. The van der Waals surface area contributed by atoms with E-state index in [1.165, 1.54) is 5.56 Å². The molecule has 1 N–H and O–H groups in total. The van der Waals surface area contributed by atoms with E-state index in [0.29, 0.717) is 13.0 Å². The largest absolute Gasteiger partial charge is 0.497 e. The molecule has 0 aliphatic carbocycles. The standard InChI is InChI=1S/C22H27N3O4S/c1-22(2)19-8-5-6-9-20(19)25(14-7-15-30(26,27)28)21(22)16-23-24(3)17-10-12-18(29-4)13-11-17/h5-6,8-13,16,21H,3,7,14-15H2,1-2,4H3/p+1. The summed E-state index contributed by atoms with van der Waals surface area (Å²) in [5, 5.41) is 4.56. The van der Waals surface area contributed by atoms with Crippen LogP contribution in [0.4, 0.5) is 11.4 Å². The van der Waals surface area contributed by atoms with E-state index in [1.807, 2.05) is 48.7 Å². The van der Waals surface area contributed by atoms with Gasteiger partial charge >= 0.3 is 0 Å². The van der Waals surface area contributed by atoms with E-state index < -0.39 is 10.1 Å². The fraction of sp³-hybridized carbons (Fsp3) is 0.364. The van der Waals surface area contributed by atoms with E-state index in [2.05, 4.69) is 36.6 Å². The molecule has 160 valence electrons. The summed E-state index contributed by atoms with van der Waals surface area (Å²) in [6, 6.07) is 15.4. The van der Waals surface area contributed by atoms with Gasteiger partial charge in [-0.05, 0) is 35.3 Å². The smallest absolute Gasteiger partial charge is 0.264 e. The van der Waals surface area contributed by atoms with Gasteiger partial charge in [0.15, 0.2) is 6.72 Å². The molecule has 30 heavy (non-hydrogen) atoms. The third-order valence-corrected chi connectivity index (χ3v) is 6.31. The SMILES string of the molecule is C=[N+](N=CC1N(CCCS(=O)(=O)O)c2ccccc2C1(C)C)c1ccc(OC)cc1. The molecule has 2 aromatic rings. The Balaban J connectivity index is 1.85. The van der Waals surface area contributed by atoms with Gasteiger partial charge in [-0.15, -0.1) is 0 Å². The van der Waals surface area contributed by atoms with Crippen LogP contribution in [0.25, 0.3) is 0 Å². The Morgan fingerprint density at radius 1 is 1.23 bits per heavy atom. The number of benzene rings is 2. The monoisotopic (exact) mass is 430 g/mol. The summed E-state index contributed by atoms with van der Waals surface area (Å²) in [4.78, 5) is 2.14. The van der Waals surface area contributed by atoms with E-state index in [1.54, 1.807) is 11.8 Å². The Labute approximate surface area is 178 Å². The van der Waals surface area contributed by atoms with Crippen LogP contribution in [0.3, 0.4) is 0 Å². The zero-order valence-electron chi connectivity index (χ0n) is 17.5. The Bertz CT molecular complexity index is 1050. The fourth-order valence-electron chi connectivity index (χ4n) is 3.88. The molecular weight excluding hydrogens is 402 g/mol. The molecule has 0 aromatic heterocycles. The highest BCUT2D eigenvalue weighted by Gasteiger charge is 2.43. The molecule has 0 spiro atoms. The summed E-state index contributed by atoms with van der Waals surface area (Å²) in [5.41, 5.74) is 2.81. The van der Waals surface area contributed by atoms with Gasteiger partial charge in [-0.1, -0.05) is 36.7 Å². The van der Waals surface area contributed by atoms with Crippen LogP contribution in [0.15, 0.2) is 53.6 Å². The lowest BCUT2D eigenvalue weighted by atomic mass is 9.81. The number of methoxy groups -OCH3 is 1. The van der Waals surface area contributed by atoms with E-state index in [-0.39, 0.29) is 17.2 Å². The Morgan fingerprint density at radius 2 is 1.90 bits per heavy atom. The van der Waals surface area contributed by atoms with Gasteiger partial charge < -0.3 is 9.64 Å². The minimum Gasteiger partial charge on any atom is -0.497 e. The van der Waals surface area contributed by atoms with Gasteiger partial charge in [-0.2, -0.15) is 8.42 Å². The minimum absolute atomic E-state index is 0.0983. The average molecular weight is 431 g/mol. The predicted molar refractivity (Wildman–Crippen MR) is 120 cm³/mol. The normalized spacial score (nSPS) is 17.9. The molecule has 1 aliphatic heterocycles. The third-order valence-electron chi connectivity index (χ3n) is 5.50. The van der Waals surface area contributed by atoms with Crippen LogP contribution in [0.5, 0.6) is 5.75 Å². The molecule has 3 rings (SSSR count). The highest BCUT2D eigenvalue weighted by Crippen LogP contribution is 2.44. The number of hydrogen-bond donors (Lipinski definition) is 1. The number of fused-ring (bicyclic) bond motifs is 1. The second-order valence-electron chi connectivity index (χ2n) is 7.88. The van der Waals surface area contributed by atoms with Crippen molar-refractivity contribution in [2.45, 2.75) is 31.7 Å². The van der Waals surface area contributed by atoms with Crippen molar-refractivity contribution in [2.24, 2.45) is 5.10 Å². The van der Waals surface area contributed by atoms with Crippen molar-refractivity contribution < 1.29 is 22.4 Å². The second-order valence-corrected chi connectivity index (χ2v) is 9.45. The first-order valence-electron chi connectivity index (χ1n) is 9.73. The number of para-hydroxylation sites is 1. The van der Waals surface area contributed by atoms with Gasteiger partial charge in [0, 0.05) is 29.8 Å². The highest BCUT2D eigenvalue weighted by molar-refractivity contribution is 7.85. The lowest BCUT2D eigenvalue weighted by molar-refractivity contribution is -0.435. The molecule has 0 bridgehead atoms. The van der Waals surface area contributed by atoms with Gasteiger partial charge in [0.2, 0.25) is 5.69 Å². The molecule has 1 heterocycles. The quantitative estimate of drug-likeness (QED) is 0.300. The van der Waals surface area contributed by atoms with Gasteiger partial charge in [0.05, 0.1) is 25.1 Å². The highest BCUT2D eigenvalue weighted by atomic mass is 32.2. The fourth-order valence-corrected chi connectivity index (χ4v) is 4.37. The number of rotatable bonds is 8. The number of hydrogen-bond acceptors (Lipinski definition) is 5. The second kappa shape index (κ2) is 8.57. The summed E-state index contributed by atoms with van der Waals surface area (Å²) in [7, 11) is -2.38. The third kappa shape index (κ3) is 4.71. The van der Waals surface area contributed by atoms with Crippen molar-refractivity contribution in [1.29, 1.82) is 0 Å². The molecule has 1 aliphatic rings. The van der Waals surface area contributed by atoms with Crippen LogP contribution in [0.2, 0.25) is 0 Å². The molecule has 2 aromatic carbocycles. The van der Waals surface area contributed by atoms with Crippen LogP contribution in [-0.2, 0) is 15.5 Å². The van der Waals surface area contributed by atoms with Gasteiger partial charge in [-0.3, -0.25) is 4.55 Å². The van der Waals surface area contributed by atoms with Crippen LogP contribution in [0, 0.1) is 0 Å². The topological polar surface area (TPSA) is 82.2 Å². The maximum atomic E-state index is 11.2. The lowest BCUT2D eigenvalue weighted by Gasteiger charge is -2.31. The molecule has 8 heteroatoms. The molecular formula is C22H28N3O4S+. The molecule has 0 radical (unpaired) electrons. The van der Waals surface area contributed by atoms with Gasteiger partial charge in [-0.25, -0.2) is 0 Å². The first-order chi connectivity index (χ1) is 14.1. The van der Waals surface area contributed by atoms with E-state index in [4.69, 9.17) is 9.29 Å². The van der Waals surface area contributed by atoms with Crippen LogP contribution in [-0.4, -0.2) is 56.0 Å². The van der Waals surface area contributed by atoms with Crippen LogP contribution >= 0.6 is 0 Å². The molecule has 0 saturated carbocycles. The van der Waals surface area contributed by atoms with Crippen LogP contribution in [0.1, 0.15) is 25.8 Å². The molecule has 0 fully saturated rings.